The van der Waals surface area contributed by atoms with Gasteiger partial charge in [0.15, 0.2) is 18.9 Å². The number of nitrogens with one attached hydrogen (secondary N) is 1. The number of rotatable bonds is 59. The molecule has 12 N–H and O–H groups in total. The lowest BCUT2D eigenvalue weighted by Crippen LogP contribution is -2.66. The zero-order valence-corrected chi connectivity index (χ0v) is 58.0. The highest BCUT2D eigenvalue weighted by atomic mass is 16.8. The summed E-state index contributed by atoms with van der Waals surface area (Å²) >= 11 is 0. The first kappa shape index (κ1) is 85.2. The van der Waals surface area contributed by atoms with Gasteiger partial charge in [-0.25, -0.2) is 0 Å². The van der Waals surface area contributed by atoms with Crippen molar-refractivity contribution in [2.75, 3.05) is 26.4 Å². The number of unbranched alkanes of at least 4 members (excludes halogenated alkanes) is 37. The standard InChI is InChI=1S/C74H137NO18/c1-3-5-7-9-11-13-15-17-19-21-23-24-25-26-27-28-29-30-31-32-34-35-37-39-41-43-45-47-49-51-58(79)57(75-62(80)52-50-48-46-44-42-40-38-36-33-22-20-18-16-14-12-10-8-6-4-2)56-88-72-68(86)65(83)70(60(54-77)90-72)93-74-69(87)66(84)71(61(55-78)91-74)92-73-67(85)64(82)63(81)59(53-76)89-73/h12,14,18,20,33,36,57-61,63-74,76-79,81-87H,3-11,13,15-17,19,21-32,34-35,37-56H2,1-2H3,(H,75,80)/b14-12-,20-18-,36-33-. The van der Waals surface area contributed by atoms with E-state index in [0.717, 1.165) is 83.5 Å². The summed E-state index contributed by atoms with van der Waals surface area (Å²) < 4.78 is 34.5. The van der Waals surface area contributed by atoms with Crippen molar-refractivity contribution < 1.29 is 89.4 Å². The minimum absolute atomic E-state index is 0.252. The summed E-state index contributed by atoms with van der Waals surface area (Å²) in [5, 5.41) is 121. The third kappa shape index (κ3) is 37.1. The van der Waals surface area contributed by atoms with Crippen LogP contribution in [0.1, 0.15) is 296 Å². The lowest BCUT2D eigenvalue weighted by molar-refractivity contribution is -0.379. The molecule has 3 aliphatic rings. The van der Waals surface area contributed by atoms with E-state index in [1.807, 2.05) is 0 Å². The van der Waals surface area contributed by atoms with Crippen LogP contribution in [0, 0.1) is 0 Å². The topological polar surface area (TPSA) is 307 Å². The van der Waals surface area contributed by atoms with Gasteiger partial charge >= 0.3 is 0 Å². The van der Waals surface area contributed by atoms with E-state index >= 15 is 0 Å². The molecule has 3 saturated heterocycles. The number of hydrogen-bond donors (Lipinski definition) is 12. The monoisotopic (exact) mass is 1330 g/mol. The van der Waals surface area contributed by atoms with Gasteiger partial charge in [-0.05, 0) is 51.4 Å². The van der Waals surface area contributed by atoms with Gasteiger partial charge in [-0.2, -0.15) is 0 Å². The van der Waals surface area contributed by atoms with Gasteiger partial charge in [-0.15, -0.1) is 0 Å². The van der Waals surface area contributed by atoms with Gasteiger partial charge in [0.1, 0.15) is 73.2 Å². The molecule has 0 aromatic rings. The van der Waals surface area contributed by atoms with Crippen molar-refractivity contribution in [2.45, 2.75) is 401 Å². The second-order valence-corrected chi connectivity index (χ2v) is 27.1. The summed E-state index contributed by atoms with van der Waals surface area (Å²) in [6.07, 6.45) is 39.4. The molecule has 17 unspecified atom stereocenters. The molecule has 546 valence electrons. The van der Waals surface area contributed by atoms with E-state index in [1.54, 1.807) is 0 Å². The zero-order valence-electron chi connectivity index (χ0n) is 58.0. The summed E-state index contributed by atoms with van der Waals surface area (Å²) in [4.78, 5) is 13.4. The van der Waals surface area contributed by atoms with Crippen molar-refractivity contribution in [1.82, 2.24) is 5.32 Å². The minimum atomic E-state index is -1.97. The first-order chi connectivity index (χ1) is 45.3. The van der Waals surface area contributed by atoms with Gasteiger partial charge in [-0.1, -0.05) is 275 Å². The van der Waals surface area contributed by atoms with E-state index in [-0.39, 0.29) is 18.9 Å². The number of carbonyl (C=O) groups is 1. The fraction of sp³-hybridized carbons (Fsp3) is 0.905. The van der Waals surface area contributed by atoms with E-state index in [1.165, 1.54) is 180 Å². The zero-order chi connectivity index (χ0) is 67.5. The van der Waals surface area contributed by atoms with Gasteiger partial charge in [0.25, 0.3) is 0 Å². The minimum Gasteiger partial charge on any atom is -0.394 e. The molecule has 3 heterocycles. The largest absolute Gasteiger partial charge is 0.394 e. The molecule has 0 radical (unpaired) electrons. The summed E-state index contributed by atoms with van der Waals surface area (Å²) in [5.41, 5.74) is 0. The molecule has 17 atom stereocenters. The summed E-state index contributed by atoms with van der Waals surface area (Å²) in [6.45, 7) is 1.79. The van der Waals surface area contributed by atoms with Crippen LogP contribution in [-0.2, 0) is 33.2 Å². The van der Waals surface area contributed by atoms with Gasteiger partial charge in [-0.3, -0.25) is 4.79 Å². The molecule has 0 aromatic carbocycles. The predicted octanol–water partition coefficient (Wildman–Crippen LogP) is 11.2. The fourth-order valence-corrected chi connectivity index (χ4v) is 12.9. The number of aliphatic hydroxyl groups is 11. The Morgan fingerprint density at radius 3 is 1.13 bits per heavy atom. The third-order valence-electron chi connectivity index (χ3n) is 19.0. The normalized spacial score (nSPS) is 27.7. The molecule has 93 heavy (non-hydrogen) atoms. The highest BCUT2D eigenvalue weighted by Crippen LogP contribution is 2.33. The van der Waals surface area contributed by atoms with Crippen molar-refractivity contribution in [3.05, 3.63) is 36.5 Å². The molecule has 0 aliphatic carbocycles. The molecule has 1 amide bonds. The lowest BCUT2D eigenvalue weighted by Gasteiger charge is -2.48. The molecule has 3 fully saturated rings. The molecular weight excluding hydrogens is 1190 g/mol. The van der Waals surface area contributed by atoms with Gasteiger partial charge in [0.2, 0.25) is 5.91 Å². The SMILES string of the molecule is CCCCC/C=C\C/C=C\C/C=C\CCCCCCCCC(=O)NC(COC1OC(CO)C(OC2OC(CO)C(OC3OC(CO)C(O)C(O)C3O)C(O)C2O)C(O)C1O)C(O)CCCCCCCCCCCCCCCCCCCCCCCCCCCCCCC. The quantitative estimate of drug-likeness (QED) is 0.0199. The van der Waals surface area contributed by atoms with Crippen LogP contribution >= 0.6 is 0 Å². The second kappa shape index (κ2) is 55.8. The third-order valence-corrected chi connectivity index (χ3v) is 19.0. The number of amides is 1. The lowest BCUT2D eigenvalue weighted by atomic mass is 9.96. The van der Waals surface area contributed by atoms with Crippen molar-refractivity contribution in [3.8, 4) is 0 Å². The highest BCUT2D eigenvalue weighted by Gasteiger charge is 2.53. The average Bonchev–Trinajstić information content (AvgIpc) is 0.985. The van der Waals surface area contributed by atoms with Gasteiger partial charge in [0, 0.05) is 6.42 Å². The number of carbonyl (C=O) groups excluding carboxylic acids is 1. The van der Waals surface area contributed by atoms with E-state index in [4.69, 9.17) is 28.4 Å². The Morgan fingerprint density at radius 1 is 0.387 bits per heavy atom. The van der Waals surface area contributed by atoms with Crippen LogP contribution in [0.15, 0.2) is 36.5 Å². The maximum absolute atomic E-state index is 13.4. The number of hydrogen-bond acceptors (Lipinski definition) is 18. The van der Waals surface area contributed by atoms with E-state index in [2.05, 4.69) is 55.6 Å². The van der Waals surface area contributed by atoms with Crippen molar-refractivity contribution in [3.63, 3.8) is 0 Å². The number of allylic oxidation sites excluding steroid dienone is 6. The molecule has 0 saturated carbocycles. The predicted molar refractivity (Wildman–Crippen MR) is 365 cm³/mol. The smallest absolute Gasteiger partial charge is 0.220 e. The number of aliphatic hydroxyl groups excluding tert-OH is 11. The molecule has 19 nitrogen and oxygen atoms in total. The number of ether oxygens (including phenoxy) is 6. The molecule has 19 heteroatoms. The molecule has 0 bridgehead atoms. The first-order valence-corrected chi connectivity index (χ1v) is 37.7. The van der Waals surface area contributed by atoms with Crippen molar-refractivity contribution >= 4 is 5.91 Å². The fourth-order valence-electron chi connectivity index (χ4n) is 12.9. The van der Waals surface area contributed by atoms with Crippen LogP contribution in [0.5, 0.6) is 0 Å². The molecule has 0 spiro atoms. The molecular formula is C74H137NO18. The average molecular weight is 1330 g/mol. The highest BCUT2D eigenvalue weighted by molar-refractivity contribution is 5.76. The maximum Gasteiger partial charge on any atom is 0.220 e. The summed E-state index contributed by atoms with van der Waals surface area (Å²) in [7, 11) is 0. The van der Waals surface area contributed by atoms with Crippen LogP contribution in [-0.4, -0.2) is 193 Å². The van der Waals surface area contributed by atoms with E-state index in [0.29, 0.717) is 12.8 Å². The Bertz CT molecular complexity index is 1830. The second-order valence-electron chi connectivity index (χ2n) is 27.1. The Labute approximate surface area is 561 Å². The van der Waals surface area contributed by atoms with Crippen molar-refractivity contribution in [1.29, 1.82) is 0 Å². The Morgan fingerprint density at radius 2 is 0.710 bits per heavy atom. The van der Waals surface area contributed by atoms with Crippen LogP contribution in [0.2, 0.25) is 0 Å². The molecule has 0 aromatic heterocycles. The summed E-state index contributed by atoms with van der Waals surface area (Å²) in [6, 6.07) is -0.896. The van der Waals surface area contributed by atoms with Crippen LogP contribution < -0.4 is 5.32 Å². The van der Waals surface area contributed by atoms with Crippen LogP contribution in [0.3, 0.4) is 0 Å². The Kier molecular flexibility index (Phi) is 51.2. The van der Waals surface area contributed by atoms with Crippen LogP contribution in [0.4, 0.5) is 0 Å². The van der Waals surface area contributed by atoms with Gasteiger partial charge < -0.3 is 89.9 Å². The van der Waals surface area contributed by atoms with E-state index in [9.17, 15) is 61.0 Å². The maximum atomic E-state index is 13.4. The molecule has 3 aliphatic heterocycles. The first-order valence-electron chi connectivity index (χ1n) is 37.7. The Balaban J connectivity index is 1.39. The summed E-state index contributed by atoms with van der Waals surface area (Å²) in [5.74, 6) is -0.252. The van der Waals surface area contributed by atoms with E-state index < -0.39 is 124 Å². The Hall–Kier alpha value is -1.99. The molecule has 3 rings (SSSR count). The van der Waals surface area contributed by atoms with Crippen molar-refractivity contribution in [2.24, 2.45) is 0 Å². The van der Waals surface area contributed by atoms with Gasteiger partial charge in [0.05, 0.1) is 38.6 Å². The van der Waals surface area contributed by atoms with Crippen LogP contribution in [0.25, 0.3) is 0 Å².